The van der Waals surface area contributed by atoms with Crippen molar-refractivity contribution in [1.82, 2.24) is 4.98 Å². The molecule has 3 rings (SSSR count). The van der Waals surface area contributed by atoms with Crippen molar-refractivity contribution in [3.63, 3.8) is 0 Å². The molecule has 0 fully saturated rings. The van der Waals surface area contributed by atoms with Crippen molar-refractivity contribution in [2.45, 2.75) is 17.4 Å². The number of rotatable bonds is 1. The first-order valence-electron chi connectivity index (χ1n) is 5.09. The lowest BCUT2D eigenvalue weighted by molar-refractivity contribution is -0.109. The van der Waals surface area contributed by atoms with Crippen LogP contribution in [0.15, 0.2) is 29.3 Å². The number of thioether (sulfide) groups is 1. The minimum absolute atomic E-state index is 0.0809. The van der Waals surface area contributed by atoms with Crippen LogP contribution in [0.3, 0.4) is 0 Å². The number of hydrogen-bond donors (Lipinski definition) is 1. The van der Waals surface area contributed by atoms with Crippen LogP contribution in [0.4, 0.5) is 0 Å². The highest BCUT2D eigenvalue weighted by molar-refractivity contribution is 7.99. The van der Waals surface area contributed by atoms with Crippen LogP contribution in [0.1, 0.15) is 17.9 Å². The van der Waals surface area contributed by atoms with Gasteiger partial charge in [-0.1, -0.05) is 18.2 Å². The number of para-hydroxylation sites is 1. The summed E-state index contributed by atoms with van der Waals surface area (Å²) in [6, 6.07) is 8.20. The van der Waals surface area contributed by atoms with Crippen LogP contribution in [-0.2, 0) is 4.79 Å². The highest BCUT2D eigenvalue weighted by Gasteiger charge is 2.24. The molecule has 0 saturated heterocycles. The minimum atomic E-state index is 0.0809. The summed E-state index contributed by atoms with van der Waals surface area (Å²) in [4.78, 5) is 14.4. The maximum Gasteiger partial charge on any atom is 0.127 e. The van der Waals surface area contributed by atoms with Gasteiger partial charge in [-0.25, -0.2) is 0 Å². The predicted molar refractivity (Wildman–Crippen MR) is 62.4 cm³/mol. The molecule has 0 saturated carbocycles. The van der Waals surface area contributed by atoms with Gasteiger partial charge in [0.15, 0.2) is 0 Å². The molecule has 15 heavy (non-hydrogen) atoms. The number of hydrogen-bond acceptors (Lipinski definition) is 2. The Labute approximate surface area is 92.1 Å². The molecular formula is C12H11NOS. The molecule has 0 aliphatic carbocycles. The quantitative estimate of drug-likeness (QED) is 0.745. The smallest absolute Gasteiger partial charge is 0.127 e. The Balaban J connectivity index is 2.31. The van der Waals surface area contributed by atoms with Gasteiger partial charge >= 0.3 is 0 Å². The van der Waals surface area contributed by atoms with Crippen molar-refractivity contribution >= 4 is 29.0 Å². The molecular weight excluding hydrogens is 206 g/mol. The number of fused-ring (bicyclic) bond motifs is 3. The van der Waals surface area contributed by atoms with Crippen LogP contribution in [-0.4, -0.2) is 17.0 Å². The van der Waals surface area contributed by atoms with Crippen LogP contribution in [0.5, 0.6) is 0 Å². The summed E-state index contributed by atoms with van der Waals surface area (Å²) in [5, 5.41) is 2.39. The number of aromatic amines is 1. The first-order chi connectivity index (χ1) is 7.40. The van der Waals surface area contributed by atoms with Gasteiger partial charge in [0.25, 0.3) is 0 Å². The fraction of sp³-hybridized carbons (Fsp3) is 0.250. The van der Waals surface area contributed by atoms with Crippen molar-refractivity contribution < 1.29 is 4.79 Å². The fourth-order valence-electron chi connectivity index (χ4n) is 2.19. The van der Waals surface area contributed by atoms with E-state index in [1.807, 2.05) is 23.9 Å². The topological polar surface area (TPSA) is 32.9 Å². The summed E-state index contributed by atoms with van der Waals surface area (Å²) < 4.78 is 0. The second-order valence-electron chi connectivity index (χ2n) is 3.79. The molecule has 2 aromatic rings. The molecule has 1 aromatic heterocycles. The average molecular weight is 217 g/mol. The summed E-state index contributed by atoms with van der Waals surface area (Å²) in [6.07, 6.45) is 2.04. The van der Waals surface area contributed by atoms with Gasteiger partial charge in [0.05, 0.1) is 5.03 Å². The highest BCUT2D eigenvalue weighted by Crippen LogP contribution is 2.40. The van der Waals surface area contributed by atoms with Crippen LogP contribution < -0.4 is 0 Å². The number of benzene rings is 1. The zero-order chi connectivity index (χ0) is 10.3. The standard InChI is InChI=1S/C12H11NOS/c14-7-8-5-6-15-12-11(8)9-3-1-2-4-10(9)13-12/h1-4,7-8,13H,5-6H2. The molecule has 2 heterocycles. The van der Waals surface area contributed by atoms with E-state index in [9.17, 15) is 4.79 Å². The summed E-state index contributed by atoms with van der Waals surface area (Å²) in [6.45, 7) is 0. The van der Waals surface area contributed by atoms with Crippen molar-refractivity contribution in [2.75, 3.05) is 5.75 Å². The van der Waals surface area contributed by atoms with Crippen LogP contribution in [0, 0.1) is 0 Å². The molecule has 2 nitrogen and oxygen atoms in total. The first-order valence-corrected chi connectivity index (χ1v) is 6.07. The van der Waals surface area contributed by atoms with Gasteiger partial charge in [-0.05, 0) is 12.5 Å². The van der Waals surface area contributed by atoms with E-state index in [-0.39, 0.29) is 5.92 Å². The van der Waals surface area contributed by atoms with Gasteiger partial charge in [0.1, 0.15) is 6.29 Å². The van der Waals surface area contributed by atoms with E-state index >= 15 is 0 Å². The average Bonchev–Trinajstić information content (AvgIpc) is 2.67. The third-order valence-corrected chi connectivity index (χ3v) is 3.97. The third kappa shape index (κ3) is 1.30. The Morgan fingerprint density at radius 1 is 1.40 bits per heavy atom. The van der Waals surface area contributed by atoms with Gasteiger partial charge in [-0.3, -0.25) is 0 Å². The summed E-state index contributed by atoms with van der Waals surface area (Å²) >= 11 is 1.82. The highest BCUT2D eigenvalue weighted by atomic mass is 32.2. The molecule has 1 aliphatic heterocycles. The Morgan fingerprint density at radius 2 is 2.27 bits per heavy atom. The molecule has 0 amide bonds. The van der Waals surface area contributed by atoms with Crippen molar-refractivity contribution in [2.24, 2.45) is 0 Å². The second kappa shape index (κ2) is 3.42. The zero-order valence-electron chi connectivity index (χ0n) is 8.19. The second-order valence-corrected chi connectivity index (χ2v) is 4.90. The first kappa shape index (κ1) is 9.04. The number of aldehydes is 1. The van der Waals surface area contributed by atoms with Gasteiger partial charge in [0, 0.05) is 28.1 Å². The fourth-order valence-corrected chi connectivity index (χ4v) is 3.36. The maximum atomic E-state index is 11.0. The Morgan fingerprint density at radius 3 is 3.13 bits per heavy atom. The molecule has 0 radical (unpaired) electrons. The van der Waals surface area contributed by atoms with Crippen LogP contribution in [0.2, 0.25) is 0 Å². The molecule has 0 spiro atoms. The van der Waals surface area contributed by atoms with Crippen molar-refractivity contribution in [1.29, 1.82) is 0 Å². The molecule has 1 aliphatic rings. The molecule has 1 unspecified atom stereocenters. The van der Waals surface area contributed by atoms with E-state index in [0.717, 1.165) is 24.0 Å². The van der Waals surface area contributed by atoms with Crippen LogP contribution >= 0.6 is 11.8 Å². The minimum Gasteiger partial charge on any atom is -0.349 e. The number of carbonyl (C=O) groups is 1. The van der Waals surface area contributed by atoms with Crippen LogP contribution in [0.25, 0.3) is 10.9 Å². The Bertz CT molecular complexity index is 517. The summed E-state index contributed by atoms with van der Waals surface area (Å²) in [5.74, 6) is 1.11. The number of carbonyl (C=O) groups excluding carboxylic acids is 1. The third-order valence-electron chi connectivity index (χ3n) is 2.92. The van der Waals surface area contributed by atoms with E-state index in [1.54, 1.807) is 0 Å². The van der Waals surface area contributed by atoms with Gasteiger partial charge in [0.2, 0.25) is 0 Å². The number of aromatic nitrogens is 1. The van der Waals surface area contributed by atoms with Gasteiger partial charge in [-0.15, -0.1) is 11.8 Å². The van der Waals surface area contributed by atoms with E-state index in [1.165, 1.54) is 16.0 Å². The molecule has 1 aromatic carbocycles. The SMILES string of the molecule is O=CC1CCSc2[nH]c3ccccc3c21. The van der Waals surface area contributed by atoms with Gasteiger partial charge < -0.3 is 9.78 Å². The van der Waals surface area contributed by atoms with Crippen molar-refractivity contribution in [3.05, 3.63) is 29.8 Å². The molecule has 1 atom stereocenters. The largest absolute Gasteiger partial charge is 0.349 e. The maximum absolute atomic E-state index is 11.0. The Kier molecular flexibility index (Phi) is 2.06. The lowest BCUT2D eigenvalue weighted by atomic mass is 9.97. The lowest BCUT2D eigenvalue weighted by Gasteiger charge is -2.16. The molecule has 0 bridgehead atoms. The van der Waals surface area contributed by atoms with E-state index in [4.69, 9.17) is 0 Å². The molecule has 76 valence electrons. The molecule has 1 N–H and O–H groups in total. The predicted octanol–water partition coefficient (Wildman–Crippen LogP) is 2.95. The van der Waals surface area contributed by atoms with E-state index in [0.29, 0.717) is 0 Å². The van der Waals surface area contributed by atoms with E-state index < -0.39 is 0 Å². The molecule has 3 heteroatoms. The van der Waals surface area contributed by atoms with Crippen molar-refractivity contribution in [3.8, 4) is 0 Å². The monoisotopic (exact) mass is 217 g/mol. The summed E-state index contributed by atoms with van der Waals surface area (Å²) in [5.41, 5.74) is 2.35. The van der Waals surface area contributed by atoms with E-state index in [2.05, 4.69) is 17.1 Å². The zero-order valence-corrected chi connectivity index (χ0v) is 9.01. The summed E-state index contributed by atoms with van der Waals surface area (Å²) in [7, 11) is 0. The van der Waals surface area contributed by atoms with Gasteiger partial charge in [-0.2, -0.15) is 0 Å². The lowest BCUT2D eigenvalue weighted by Crippen LogP contribution is -2.07. The number of H-pyrrole nitrogens is 1. The Hall–Kier alpha value is -1.22. The normalized spacial score (nSPS) is 20.1. The number of nitrogens with one attached hydrogen (secondary N) is 1.